The highest BCUT2D eigenvalue weighted by Crippen LogP contribution is 2.27. The Morgan fingerprint density at radius 3 is 2.76 bits per heavy atom. The first-order chi connectivity index (χ1) is 14.0. The van der Waals surface area contributed by atoms with Crippen LogP contribution in [0.5, 0.6) is 0 Å². The van der Waals surface area contributed by atoms with Crippen LogP contribution in [0.2, 0.25) is 5.02 Å². The third kappa shape index (κ3) is 5.70. The lowest BCUT2D eigenvalue weighted by molar-refractivity contribution is 0.0520. The van der Waals surface area contributed by atoms with E-state index in [1.807, 2.05) is 24.0 Å². The zero-order chi connectivity index (χ0) is 20.8. The predicted octanol–water partition coefficient (Wildman–Crippen LogP) is 5.65. The van der Waals surface area contributed by atoms with Crippen molar-refractivity contribution >= 4 is 40.6 Å². The summed E-state index contributed by atoms with van der Waals surface area (Å²) in [5.41, 5.74) is 1.92. The number of aryl methyl sites for hydroxylation is 1. The summed E-state index contributed by atoms with van der Waals surface area (Å²) in [6, 6.07) is 5.47. The number of carbonyl (C=O) groups is 2. The smallest absolute Gasteiger partial charge is 0.357 e. The number of aromatic nitrogens is 1. The molecular formula is C21H26ClN3O3S. The van der Waals surface area contributed by atoms with Gasteiger partial charge in [0.25, 0.3) is 0 Å². The lowest BCUT2D eigenvalue weighted by Crippen LogP contribution is -2.43. The van der Waals surface area contributed by atoms with Crippen molar-refractivity contribution in [3.8, 4) is 0 Å². The molecule has 1 aromatic carbocycles. The van der Waals surface area contributed by atoms with Crippen LogP contribution in [0.1, 0.15) is 60.1 Å². The largest absolute Gasteiger partial charge is 0.461 e. The maximum atomic E-state index is 13.1. The van der Waals surface area contributed by atoms with Gasteiger partial charge in [-0.2, -0.15) is 0 Å². The van der Waals surface area contributed by atoms with Crippen molar-refractivity contribution in [2.75, 3.05) is 11.9 Å². The molecule has 0 bridgehead atoms. The van der Waals surface area contributed by atoms with Crippen LogP contribution in [0.15, 0.2) is 23.6 Å². The molecule has 1 N–H and O–H groups in total. The Morgan fingerprint density at radius 1 is 1.31 bits per heavy atom. The second kappa shape index (κ2) is 10.1. The van der Waals surface area contributed by atoms with E-state index < -0.39 is 5.97 Å². The van der Waals surface area contributed by atoms with Crippen molar-refractivity contribution in [3.05, 3.63) is 44.9 Å². The molecule has 1 aliphatic rings. The number of hydrogen-bond donors (Lipinski definition) is 1. The fourth-order valence-electron chi connectivity index (χ4n) is 3.45. The summed E-state index contributed by atoms with van der Waals surface area (Å²) >= 11 is 7.57. The number of esters is 1. The highest BCUT2D eigenvalue weighted by Gasteiger charge is 2.27. The molecule has 8 heteroatoms. The molecule has 29 heavy (non-hydrogen) atoms. The molecule has 2 aromatic rings. The fourth-order valence-corrected chi connectivity index (χ4v) is 4.40. The highest BCUT2D eigenvalue weighted by atomic mass is 35.5. The summed E-state index contributed by atoms with van der Waals surface area (Å²) in [6.07, 6.45) is 5.35. The lowest BCUT2D eigenvalue weighted by atomic mass is 9.94. The predicted molar refractivity (Wildman–Crippen MR) is 116 cm³/mol. The average Bonchev–Trinajstić information content (AvgIpc) is 3.19. The molecule has 2 amide bonds. The quantitative estimate of drug-likeness (QED) is 0.595. The third-order valence-electron chi connectivity index (χ3n) is 5.04. The van der Waals surface area contributed by atoms with Gasteiger partial charge in [-0.15, -0.1) is 11.3 Å². The van der Waals surface area contributed by atoms with Crippen molar-refractivity contribution in [1.82, 2.24) is 9.88 Å². The van der Waals surface area contributed by atoms with Crippen LogP contribution in [0.25, 0.3) is 0 Å². The van der Waals surface area contributed by atoms with Gasteiger partial charge >= 0.3 is 12.0 Å². The van der Waals surface area contributed by atoms with Crippen LogP contribution in [0, 0.1) is 6.92 Å². The molecule has 156 valence electrons. The SMILES string of the molecule is CCOC(=O)c1csc(CN(C(=O)Nc2ccc(C)c(Cl)c2)C2CCCCC2)n1. The van der Waals surface area contributed by atoms with Gasteiger partial charge in [0, 0.05) is 22.1 Å². The third-order valence-corrected chi connectivity index (χ3v) is 6.28. The maximum Gasteiger partial charge on any atom is 0.357 e. The molecule has 1 fully saturated rings. The molecule has 0 atom stereocenters. The maximum absolute atomic E-state index is 13.1. The van der Waals surface area contributed by atoms with Gasteiger partial charge in [-0.1, -0.05) is 36.9 Å². The number of hydrogen-bond acceptors (Lipinski definition) is 5. The van der Waals surface area contributed by atoms with E-state index in [1.54, 1.807) is 18.4 Å². The standard InChI is InChI=1S/C21H26ClN3O3S/c1-3-28-20(26)18-13-29-19(24-18)12-25(16-7-5-4-6-8-16)21(27)23-15-10-9-14(2)17(22)11-15/h9-11,13,16H,3-8,12H2,1-2H3,(H,23,27). The second-order valence-corrected chi connectivity index (χ2v) is 8.51. The van der Waals surface area contributed by atoms with Crippen molar-refractivity contribution < 1.29 is 14.3 Å². The van der Waals surface area contributed by atoms with Gasteiger partial charge in [-0.25, -0.2) is 14.6 Å². The van der Waals surface area contributed by atoms with E-state index in [9.17, 15) is 9.59 Å². The Bertz CT molecular complexity index is 865. The fraction of sp³-hybridized carbons (Fsp3) is 0.476. The molecule has 0 spiro atoms. The van der Waals surface area contributed by atoms with Crippen LogP contribution in [-0.2, 0) is 11.3 Å². The molecular weight excluding hydrogens is 410 g/mol. The summed E-state index contributed by atoms with van der Waals surface area (Å²) in [5.74, 6) is -0.432. The van der Waals surface area contributed by atoms with Gasteiger partial charge in [-0.3, -0.25) is 0 Å². The van der Waals surface area contributed by atoms with E-state index in [0.717, 1.165) is 36.3 Å². The Morgan fingerprint density at radius 2 is 2.07 bits per heavy atom. The minimum Gasteiger partial charge on any atom is -0.461 e. The average molecular weight is 436 g/mol. The second-order valence-electron chi connectivity index (χ2n) is 7.16. The molecule has 0 aliphatic heterocycles. The van der Waals surface area contributed by atoms with Crippen LogP contribution in [0.4, 0.5) is 10.5 Å². The summed E-state index contributed by atoms with van der Waals surface area (Å²) in [7, 11) is 0. The van der Waals surface area contributed by atoms with Crippen molar-refractivity contribution in [1.29, 1.82) is 0 Å². The van der Waals surface area contributed by atoms with Gasteiger partial charge in [0.1, 0.15) is 5.01 Å². The number of urea groups is 1. The van der Waals surface area contributed by atoms with E-state index >= 15 is 0 Å². The summed E-state index contributed by atoms with van der Waals surface area (Å²) in [5, 5.41) is 5.98. The number of nitrogens with zero attached hydrogens (tertiary/aromatic N) is 2. The van der Waals surface area contributed by atoms with E-state index in [-0.39, 0.29) is 12.1 Å². The number of anilines is 1. The zero-order valence-corrected chi connectivity index (χ0v) is 18.3. The minimum atomic E-state index is -0.432. The molecule has 3 rings (SSSR count). The number of thiazole rings is 1. The van der Waals surface area contributed by atoms with Crippen molar-refractivity contribution in [2.24, 2.45) is 0 Å². The van der Waals surface area contributed by atoms with Gasteiger partial charge < -0.3 is 15.0 Å². The first kappa shape index (κ1) is 21.6. The number of rotatable bonds is 6. The Hall–Kier alpha value is -2.12. The van der Waals surface area contributed by atoms with Gasteiger partial charge in [-0.05, 0) is 44.4 Å². The molecule has 1 aromatic heterocycles. The van der Waals surface area contributed by atoms with Gasteiger partial charge in [0.15, 0.2) is 5.69 Å². The zero-order valence-electron chi connectivity index (χ0n) is 16.7. The van der Waals surface area contributed by atoms with Crippen LogP contribution >= 0.6 is 22.9 Å². The lowest BCUT2D eigenvalue weighted by Gasteiger charge is -2.34. The number of benzene rings is 1. The Kier molecular flexibility index (Phi) is 7.50. The Balaban J connectivity index is 1.76. The van der Waals surface area contributed by atoms with E-state index in [1.165, 1.54) is 17.8 Å². The highest BCUT2D eigenvalue weighted by molar-refractivity contribution is 7.09. The van der Waals surface area contributed by atoms with Crippen molar-refractivity contribution in [2.45, 2.75) is 58.5 Å². The Labute approximate surface area is 180 Å². The normalized spacial score (nSPS) is 14.4. The summed E-state index contributed by atoms with van der Waals surface area (Å²) in [6.45, 7) is 4.35. The number of halogens is 1. The molecule has 1 saturated carbocycles. The molecule has 0 radical (unpaired) electrons. The molecule has 1 aliphatic carbocycles. The number of amides is 2. The monoisotopic (exact) mass is 435 g/mol. The number of carbonyl (C=O) groups excluding carboxylic acids is 2. The minimum absolute atomic E-state index is 0.152. The summed E-state index contributed by atoms with van der Waals surface area (Å²) < 4.78 is 5.01. The number of nitrogens with one attached hydrogen (secondary N) is 1. The van der Waals surface area contributed by atoms with Crippen LogP contribution in [0.3, 0.4) is 0 Å². The van der Waals surface area contributed by atoms with Gasteiger partial charge in [0.2, 0.25) is 0 Å². The molecule has 0 saturated heterocycles. The number of ether oxygens (including phenoxy) is 1. The summed E-state index contributed by atoms with van der Waals surface area (Å²) in [4.78, 5) is 31.2. The topological polar surface area (TPSA) is 71.5 Å². The first-order valence-corrected chi connectivity index (χ1v) is 11.2. The van der Waals surface area contributed by atoms with Crippen molar-refractivity contribution in [3.63, 3.8) is 0 Å². The molecule has 0 unspecified atom stereocenters. The van der Waals surface area contributed by atoms with E-state index in [4.69, 9.17) is 16.3 Å². The molecule has 6 nitrogen and oxygen atoms in total. The van der Waals surface area contributed by atoms with Crippen LogP contribution in [-0.4, -0.2) is 34.5 Å². The van der Waals surface area contributed by atoms with E-state index in [2.05, 4.69) is 10.3 Å². The van der Waals surface area contributed by atoms with E-state index in [0.29, 0.717) is 29.6 Å². The van der Waals surface area contributed by atoms with Crippen LogP contribution < -0.4 is 5.32 Å². The van der Waals surface area contributed by atoms with Gasteiger partial charge in [0.05, 0.1) is 13.2 Å². The first-order valence-electron chi connectivity index (χ1n) is 9.93. The molecule has 1 heterocycles.